The first-order valence-corrected chi connectivity index (χ1v) is 14.2. The van der Waals surface area contributed by atoms with E-state index in [0.717, 1.165) is 51.0 Å². The van der Waals surface area contributed by atoms with Crippen molar-refractivity contribution in [2.75, 3.05) is 7.11 Å². The zero-order valence-electron chi connectivity index (χ0n) is 20.4. The number of rotatable bonds is 4. The van der Waals surface area contributed by atoms with E-state index in [1.807, 2.05) is 0 Å². The average Bonchev–Trinajstić information content (AvgIpc) is 3.20. The summed E-state index contributed by atoms with van der Waals surface area (Å²) in [5.74, 6) is 3.40. The molecule has 1 aliphatic heterocycles. The largest absolute Gasteiger partial charge is 0.496 e. The molecule has 0 radical (unpaired) electrons. The Balaban J connectivity index is 1.45. The van der Waals surface area contributed by atoms with E-state index in [1.54, 1.807) is 7.11 Å². The number of thiocarbonyl (C=S) groups is 1. The molecule has 0 atom stereocenters. The molecule has 5 heteroatoms. The lowest BCUT2D eigenvalue weighted by molar-refractivity contribution is -0.115. The van der Waals surface area contributed by atoms with Crippen LogP contribution in [-0.4, -0.2) is 17.3 Å². The molecular weight excluding hydrogens is 482 g/mol. The normalized spacial score (nSPS) is 30.1. The number of hydrogen-bond donors (Lipinski definition) is 1. The third kappa shape index (κ3) is 3.54. The van der Waals surface area contributed by atoms with E-state index < -0.39 is 0 Å². The van der Waals surface area contributed by atoms with Crippen LogP contribution >= 0.6 is 24.0 Å². The summed E-state index contributed by atoms with van der Waals surface area (Å²) in [6, 6.07) is 21.3. The molecule has 3 aromatic rings. The van der Waals surface area contributed by atoms with Gasteiger partial charge in [0.15, 0.2) is 0 Å². The predicted molar refractivity (Wildman–Crippen MR) is 151 cm³/mol. The number of methoxy groups -OCH3 is 1. The van der Waals surface area contributed by atoms with Crippen LogP contribution in [0.15, 0.2) is 65.6 Å². The van der Waals surface area contributed by atoms with Crippen molar-refractivity contribution in [3.63, 3.8) is 0 Å². The monoisotopic (exact) mass is 511 g/mol. The van der Waals surface area contributed by atoms with Gasteiger partial charge >= 0.3 is 0 Å². The molecule has 3 aromatic carbocycles. The number of thioether (sulfide) groups is 1. The minimum absolute atomic E-state index is 0.111. The first kappa shape index (κ1) is 22.6. The van der Waals surface area contributed by atoms with Gasteiger partial charge in [-0.1, -0.05) is 72.5 Å². The molecule has 4 saturated carbocycles. The molecule has 0 spiro atoms. The van der Waals surface area contributed by atoms with Crippen molar-refractivity contribution in [1.82, 2.24) is 5.32 Å². The highest BCUT2D eigenvalue weighted by molar-refractivity contribution is 8.26. The second kappa shape index (κ2) is 8.46. The Hall–Kier alpha value is -2.63. The van der Waals surface area contributed by atoms with Gasteiger partial charge in [-0.3, -0.25) is 4.79 Å². The van der Waals surface area contributed by atoms with Crippen molar-refractivity contribution < 1.29 is 9.53 Å². The van der Waals surface area contributed by atoms with Crippen LogP contribution < -0.4 is 10.1 Å². The molecule has 4 bridgehead atoms. The second-order valence-electron chi connectivity index (χ2n) is 11.2. The maximum Gasteiger partial charge on any atom is 0.264 e. The number of carbonyl (C=O) groups excluding carboxylic acids is 1. The Kier molecular flexibility index (Phi) is 5.30. The first-order valence-electron chi connectivity index (χ1n) is 13.0. The second-order valence-corrected chi connectivity index (χ2v) is 12.9. The maximum atomic E-state index is 13.1. The zero-order chi connectivity index (χ0) is 24.4. The van der Waals surface area contributed by atoms with Crippen LogP contribution in [0, 0.1) is 17.8 Å². The molecule has 1 amide bonds. The van der Waals surface area contributed by atoms with Gasteiger partial charge in [-0.2, -0.15) is 0 Å². The number of nitrogens with one attached hydrogen (secondary N) is 1. The van der Waals surface area contributed by atoms with E-state index in [-0.39, 0.29) is 11.3 Å². The number of ether oxygens (including phenoxy) is 1. The van der Waals surface area contributed by atoms with Crippen molar-refractivity contribution in [2.45, 2.75) is 43.9 Å². The standard InChI is InChI=1S/C31H29NO2S2/c1-34-26-10-9-22(14-25(26)31-15-18-11-19(16-31)13-20(12-18)17-31)27(28-29(33)32-30(35)36-28)24-8-4-6-21-5-2-3-7-23(21)24/h2-10,14,18-20H,11-13,15-17H2,1H3,(H,32,33,35). The van der Waals surface area contributed by atoms with Crippen molar-refractivity contribution in [3.05, 3.63) is 82.3 Å². The van der Waals surface area contributed by atoms with Gasteiger partial charge in [-0.25, -0.2) is 0 Å². The Morgan fingerprint density at radius 3 is 2.33 bits per heavy atom. The van der Waals surface area contributed by atoms with E-state index in [0.29, 0.717) is 9.23 Å². The minimum Gasteiger partial charge on any atom is -0.496 e. The number of carbonyl (C=O) groups is 1. The highest BCUT2D eigenvalue weighted by Crippen LogP contribution is 2.62. The number of amides is 1. The van der Waals surface area contributed by atoms with Gasteiger partial charge in [0, 0.05) is 11.1 Å². The number of benzene rings is 3. The van der Waals surface area contributed by atoms with Gasteiger partial charge < -0.3 is 10.1 Å². The van der Waals surface area contributed by atoms with E-state index >= 15 is 0 Å². The summed E-state index contributed by atoms with van der Waals surface area (Å²) in [6.07, 6.45) is 8.00. The van der Waals surface area contributed by atoms with E-state index in [4.69, 9.17) is 17.0 Å². The molecule has 5 fully saturated rings. The fourth-order valence-corrected chi connectivity index (χ4v) is 9.19. The third-order valence-corrected chi connectivity index (χ3v) is 10.2. The van der Waals surface area contributed by atoms with Crippen LogP contribution in [-0.2, 0) is 10.2 Å². The third-order valence-electron chi connectivity index (χ3n) is 9.00. The van der Waals surface area contributed by atoms with Gasteiger partial charge in [0.1, 0.15) is 10.1 Å². The van der Waals surface area contributed by atoms with E-state index in [1.165, 1.54) is 55.9 Å². The highest BCUT2D eigenvalue weighted by Gasteiger charge is 2.52. The molecule has 36 heavy (non-hydrogen) atoms. The maximum absolute atomic E-state index is 13.1. The van der Waals surface area contributed by atoms with Crippen LogP contribution in [0.3, 0.4) is 0 Å². The fourth-order valence-electron chi connectivity index (χ4n) is 8.05. The number of fused-ring (bicyclic) bond motifs is 1. The van der Waals surface area contributed by atoms with Crippen molar-refractivity contribution in [2.24, 2.45) is 17.8 Å². The van der Waals surface area contributed by atoms with Crippen molar-refractivity contribution in [1.29, 1.82) is 0 Å². The molecule has 0 aromatic heterocycles. The summed E-state index contributed by atoms with van der Waals surface area (Å²) in [7, 11) is 1.79. The molecule has 1 N–H and O–H groups in total. The summed E-state index contributed by atoms with van der Waals surface area (Å²) in [6.45, 7) is 0. The van der Waals surface area contributed by atoms with E-state index in [2.05, 4.69) is 66.0 Å². The molecule has 182 valence electrons. The summed E-state index contributed by atoms with van der Waals surface area (Å²) in [5, 5.41) is 5.15. The summed E-state index contributed by atoms with van der Waals surface area (Å²) < 4.78 is 6.50. The van der Waals surface area contributed by atoms with Crippen LogP contribution in [0.5, 0.6) is 5.75 Å². The average molecular weight is 512 g/mol. The van der Waals surface area contributed by atoms with E-state index in [9.17, 15) is 4.79 Å². The molecule has 0 unspecified atom stereocenters. The fraction of sp³-hybridized carbons (Fsp3) is 0.355. The minimum atomic E-state index is -0.111. The Morgan fingerprint density at radius 2 is 1.67 bits per heavy atom. The van der Waals surface area contributed by atoms with Gasteiger partial charge in [0.2, 0.25) is 0 Å². The molecule has 4 aliphatic carbocycles. The van der Waals surface area contributed by atoms with Gasteiger partial charge in [0.25, 0.3) is 5.91 Å². The Morgan fingerprint density at radius 1 is 0.972 bits per heavy atom. The molecule has 8 rings (SSSR count). The van der Waals surface area contributed by atoms with Crippen LogP contribution in [0.1, 0.15) is 55.2 Å². The van der Waals surface area contributed by atoms with Gasteiger partial charge in [-0.05, 0) is 95.7 Å². The van der Waals surface area contributed by atoms with Gasteiger partial charge in [0.05, 0.1) is 12.0 Å². The zero-order valence-corrected chi connectivity index (χ0v) is 22.0. The van der Waals surface area contributed by atoms with Crippen LogP contribution in [0.4, 0.5) is 0 Å². The topological polar surface area (TPSA) is 38.3 Å². The summed E-state index contributed by atoms with van der Waals surface area (Å²) in [4.78, 5) is 13.8. The highest BCUT2D eigenvalue weighted by atomic mass is 32.2. The molecule has 5 aliphatic rings. The molecule has 3 nitrogen and oxygen atoms in total. The molecule has 1 heterocycles. The lowest BCUT2D eigenvalue weighted by Crippen LogP contribution is -2.48. The molecular formula is C31H29NO2S2. The predicted octanol–water partition coefficient (Wildman–Crippen LogP) is 7.22. The van der Waals surface area contributed by atoms with Crippen molar-refractivity contribution >= 4 is 50.6 Å². The van der Waals surface area contributed by atoms with Crippen molar-refractivity contribution in [3.8, 4) is 5.75 Å². The van der Waals surface area contributed by atoms with Gasteiger partial charge in [-0.15, -0.1) is 0 Å². The van der Waals surface area contributed by atoms with Crippen LogP contribution in [0.2, 0.25) is 0 Å². The lowest BCUT2D eigenvalue weighted by Gasteiger charge is -2.57. The summed E-state index contributed by atoms with van der Waals surface area (Å²) >= 11 is 6.78. The Labute approximate surface area is 221 Å². The summed E-state index contributed by atoms with van der Waals surface area (Å²) in [5.41, 5.74) is 4.62. The lowest BCUT2D eigenvalue weighted by atomic mass is 9.48. The van der Waals surface area contributed by atoms with Crippen LogP contribution in [0.25, 0.3) is 16.3 Å². The molecule has 1 saturated heterocycles. The number of hydrogen-bond acceptors (Lipinski definition) is 4. The SMILES string of the molecule is COc1ccc(C(=C2SC(=S)NC2=O)c2cccc3ccccc23)cc1C12CC3CC(CC(C3)C1)C2. The Bertz CT molecular complexity index is 1420. The smallest absolute Gasteiger partial charge is 0.264 e. The quantitative estimate of drug-likeness (QED) is 0.296. The first-order chi connectivity index (χ1) is 17.5.